The molecule has 0 N–H and O–H groups in total. The highest BCUT2D eigenvalue weighted by Crippen LogP contribution is 2.07. The van der Waals surface area contributed by atoms with E-state index < -0.39 is 5.43 Å². The first kappa shape index (κ1) is 9.86. The summed E-state index contributed by atoms with van der Waals surface area (Å²) in [7, 11) is 0. The van der Waals surface area contributed by atoms with Crippen LogP contribution in [0.2, 0.25) is 0 Å². The minimum absolute atomic E-state index is 0.164. The van der Waals surface area contributed by atoms with Gasteiger partial charge in [-0.2, -0.15) is 0 Å². The molecule has 0 fully saturated rings. The molecule has 0 saturated carbocycles. The summed E-state index contributed by atoms with van der Waals surface area (Å²) in [6, 6.07) is 9.27. The Morgan fingerprint density at radius 1 is 1.23 bits per heavy atom. The lowest BCUT2D eigenvalue weighted by Crippen LogP contribution is -2.07. The van der Waals surface area contributed by atoms with Crippen LogP contribution in [0.3, 0.4) is 0 Å². The Morgan fingerprint density at radius 2 is 1.92 bits per heavy atom. The van der Waals surface area contributed by atoms with Gasteiger partial charge in [0.15, 0.2) is 0 Å². The number of benzene rings is 1. The third kappa shape index (κ3) is 4.38. The van der Waals surface area contributed by atoms with Crippen molar-refractivity contribution < 1.29 is 14.3 Å². The van der Waals surface area contributed by atoms with Gasteiger partial charge in [0, 0.05) is 11.6 Å². The van der Waals surface area contributed by atoms with E-state index in [0.717, 1.165) is 5.75 Å². The molecular weight excluding hydrogens is 192 g/mol. The SMILES string of the molecule is O=C(Cl)OCCOc1ccccc1. The van der Waals surface area contributed by atoms with Crippen LogP contribution in [0.5, 0.6) is 5.75 Å². The lowest BCUT2D eigenvalue weighted by molar-refractivity contribution is 0.147. The fraction of sp³-hybridized carbons (Fsp3) is 0.222. The first-order chi connectivity index (χ1) is 6.29. The molecule has 3 nitrogen and oxygen atoms in total. The van der Waals surface area contributed by atoms with Gasteiger partial charge in [0.1, 0.15) is 19.0 Å². The largest absolute Gasteiger partial charge is 0.490 e. The molecule has 0 bridgehead atoms. The summed E-state index contributed by atoms with van der Waals surface area (Å²) in [4.78, 5) is 10.1. The minimum Gasteiger partial charge on any atom is -0.490 e. The van der Waals surface area contributed by atoms with Crippen LogP contribution in [0, 0.1) is 0 Å². The number of carbonyl (C=O) groups is 1. The van der Waals surface area contributed by atoms with Gasteiger partial charge in [-0.25, -0.2) is 4.79 Å². The third-order valence-corrected chi connectivity index (χ3v) is 1.42. The van der Waals surface area contributed by atoms with Crippen molar-refractivity contribution in [1.29, 1.82) is 0 Å². The molecule has 0 aliphatic carbocycles. The van der Waals surface area contributed by atoms with Crippen LogP contribution < -0.4 is 4.74 Å². The molecule has 0 saturated heterocycles. The topological polar surface area (TPSA) is 35.5 Å². The van der Waals surface area contributed by atoms with E-state index in [4.69, 9.17) is 16.3 Å². The predicted molar refractivity (Wildman–Crippen MR) is 49.1 cm³/mol. The standard InChI is InChI=1S/C9H9ClO3/c10-9(11)13-7-6-12-8-4-2-1-3-5-8/h1-5H,6-7H2. The van der Waals surface area contributed by atoms with Crippen LogP contribution in [-0.4, -0.2) is 18.6 Å². The molecule has 0 heterocycles. The smallest absolute Gasteiger partial charge is 0.403 e. The molecule has 4 heteroatoms. The molecule has 0 amide bonds. The molecular formula is C9H9ClO3. The first-order valence-electron chi connectivity index (χ1n) is 3.79. The fourth-order valence-corrected chi connectivity index (χ4v) is 0.875. The van der Waals surface area contributed by atoms with E-state index in [9.17, 15) is 4.79 Å². The van der Waals surface area contributed by atoms with Crippen LogP contribution in [0.25, 0.3) is 0 Å². The van der Waals surface area contributed by atoms with Crippen molar-refractivity contribution in [3.05, 3.63) is 30.3 Å². The van der Waals surface area contributed by atoms with Crippen LogP contribution in [0.4, 0.5) is 4.79 Å². The Labute approximate surface area is 81.2 Å². The second-order valence-corrected chi connectivity index (χ2v) is 2.56. The third-order valence-electron chi connectivity index (χ3n) is 1.31. The van der Waals surface area contributed by atoms with E-state index in [0.29, 0.717) is 6.61 Å². The maximum atomic E-state index is 10.1. The molecule has 0 unspecified atom stereocenters. The number of hydrogen-bond donors (Lipinski definition) is 0. The maximum absolute atomic E-state index is 10.1. The van der Waals surface area contributed by atoms with Crippen molar-refractivity contribution in [2.45, 2.75) is 0 Å². The highest BCUT2D eigenvalue weighted by atomic mass is 35.5. The zero-order valence-electron chi connectivity index (χ0n) is 6.90. The van der Waals surface area contributed by atoms with Gasteiger partial charge in [-0.15, -0.1) is 0 Å². The Bertz CT molecular complexity index is 261. The average molecular weight is 201 g/mol. The molecule has 0 spiro atoms. The lowest BCUT2D eigenvalue weighted by Gasteiger charge is -2.04. The van der Waals surface area contributed by atoms with E-state index in [1.165, 1.54) is 0 Å². The second kappa shape index (κ2) is 5.43. The number of rotatable bonds is 4. The molecule has 0 aromatic heterocycles. The van der Waals surface area contributed by atoms with Crippen LogP contribution >= 0.6 is 11.6 Å². The monoisotopic (exact) mass is 200 g/mol. The van der Waals surface area contributed by atoms with Gasteiger partial charge >= 0.3 is 5.43 Å². The summed E-state index contributed by atoms with van der Waals surface area (Å²) in [6.07, 6.45) is 0. The Hall–Kier alpha value is -1.22. The fourth-order valence-electron chi connectivity index (χ4n) is 0.798. The predicted octanol–water partition coefficient (Wildman–Crippen LogP) is 2.44. The number of halogens is 1. The number of para-hydroxylation sites is 1. The summed E-state index contributed by atoms with van der Waals surface area (Å²) in [6.45, 7) is 0.472. The maximum Gasteiger partial charge on any atom is 0.403 e. The molecule has 0 aliphatic heterocycles. The number of ether oxygens (including phenoxy) is 2. The highest BCUT2D eigenvalue weighted by molar-refractivity contribution is 6.61. The van der Waals surface area contributed by atoms with Crippen molar-refractivity contribution in [2.24, 2.45) is 0 Å². The lowest BCUT2D eigenvalue weighted by atomic mass is 10.3. The van der Waals surface area contributed by atoms with Crippen LogP contribution in [0.15, 0.2) is 30.3 Å². The summed E-state index contributed by atoms with van der Waals surface area (Å²) in [5.74, 6) is 0.744. The van der Waals surface area contributed by atoms with Crippen LogP contribution in [-0.2, 0) is 4.74 Å². The zero-order chi connectivity index (χ0) is 9.52. The molecule has 0 atom stereocenters. The molecule has 0 aliphatic rings. The Morgan fingerprint density at radius 3 is 2.54 bits per heavy atom. The van der Waals surface area contributed by atoms with Gasteiger partial charge in [0.2, 0.25) is 0 Å². The van der Waals surface area contributed by atoms with E-state index in [1.807, 2.05) is 30.3 Å². The van der Waals surface area contributed by atoms with Crippen molar-refractivity contribution in [3.8, 4) is 5.75 Å². The van der Waals surface area contributed by atoms with E-state index >= 15 is 0 Å². The quantitative estimate of drug-likeness (QED) is 0.553. The zero-order valence-corrected chi connectivity index (χ0v) is 7.66. The molecule has 1 aromatic carbocycles. The summed E-state index contributed by atoms with van der Waals surface area (Å²) in [5, 5.41) is 0. The molecule has 0 radical (unpaired) electrons. The number of carbonyl (C=O) groups excluding carboxylic acids is 1. The molecule has 13 heavy (non-hydrogen) atoms. The van der Waals surface area contributed by atoms with Gasteiger partial charge < -0.3 is 9.47 Å². The highest BCUT2D eigenvalue weighted by Gasteiger charge is 1.95. The minimum atomic E-state index is -0.809. The van der Waals surface area contributed by atoms with Gasteiger partial charge in [-0.3, -0.25) is 0 Å². The van der Waals surface area contributed by atoms with E-state index in [2.05, 4.69) is 4.74 Å². The van der Waals surface area contributed by atoms with E-state index in [-0.39, 0.29) is 6.61 Å². The van der Waals surface area contributed by atoms with Crippen molar-refractivity contribution in [3.63, 3.8) is 0 Å². The van der Waals surface area contributed by atoms with Gasteiger partial charge in [-0.1, -0.05) is 18.2 Å². The average Bonchev–Trinajstić information content (AvgIpc) is 2.14. The molecule has 70 valence electrons. The molecule has 1 rings (SSSR count). The van der Waals surface area contributed by atoms with Crippen molar-refractivity contribution >= 4 is 17.0 Å². The first-order valence-corrected chi connectivity index (χ1v) is 4.17. The normalized spacial score (nSPS) is 9.31. The number of hydrogen-bond acceptors (Lipinski definition) is 3. The van der Waals surface area contributed by atoms with Crippen LogP contribution in [0.1, 0.15) is 0 Å². The Balaban J connectivity index is 2.17. The second-order valence-electron chi connectivity index (χ2n) is 2.25. The van der Waals surface area contributed by atoms with Gasteiger partial charge in [0.25, 0.3) is 0 Å². The summed E-state index contributed by atoms with van der Waals surface area (Å²) >= 11 is 4.94. The van der Waals surface area contributed by atoms with E-state index in [1.54, 1.807) is 0 Å². The van der Waals surface area contributed by atoms with Gasteiger partial charge in [-0.05, 0) is 12.1 Å². The van der Waals surface area contributed by atoms with Crippen molar-refractivity contribution in [1.82, 2.24) is 0 Å². The van der Waals surface area contributed by atoms with Crippen molar-refractivity contribution in [2.75, 3.05) is 13.2 Å². The van der Waals surface area contributed by atoms with Gasteiger partial charge in [0.05, 0.1) is 0 Å². The molecule has 1 aromatic rings. The summed E-state index contributed by atoms with van der Waals surface area (Å²) in [5.41, 5.74) is -0.809. The Kier molecular flexibility index (Phi) is 4.12. The summed E-state index contributed by atoms with van der Waals surface area (Å²) < 4.78 is 9.69.